The molecule has 0 aliphatic carbocycles. The zero-order chi connectivity index (χ0) is 13.8. The van der Waals surface area contributed by atoms with Gasteiger partial charge in [0.1, 0.15) is 11.9 Å². The maximum absolute atomic E-state index is 12.8. The second-order valence-electron chi connectivity index (χ2n) is 4.24. The summed E-state index contributed by atoms with van der Waals surface area (Å²) in [5, 5.41) is 12.4. The van der Waals surface area contributed by atoms with Gasteiger partial charge in [-0.15, -0.1) is 0 Å². The second-order valence-corrected chi connectivity index (χ2v) is 5.09. The molecular formula is C15H12BrFN2. The largest absolute Gasteiger partial charge is 0.366 e. The quantitative estimate of drug-likeness (QED) is 0.899. The third-order valence-electron chi connectivity index (χ3n) is 2.75. The van der Waals surface area contributed by atoms with Crippen molar-refractivity contribution in [1.29, 1.82) is 5.26 Å². The number of hydrogen-bond acceptors (Lipinski definition) is 2. The molecule has 0 fully saturated rings. The van der Waals surface area contributed by atoms with Crippen molar-refractivity contribution in [3.8, 4) is 6.07 Å². The average Bonchev–Trinajstić information content (AvgIpc) is 2.39. The first-order valence-corrected chi connectivity index (χ1v) is 6.57. The summed E-state index contributed by atoms with van der Waals surface area (Å²) in [6.45, 7) is 1.99. The number of anilines is 1. The summed E-state index contributed by atoms with van der Waals surface area (Å²) in [7, 11) is 0. The Morgan fingerprint density at radius 2 is 1.89 bits per heavy atom. The molecule has 0 heterocycles. The minimum absolute atomic E-state index is 0.296. The number of aryl methyl sites for hydroxylation is 1. The van der Waals surface area contributed by atoms with Crippen LogP contribution in [0.4, 0.5) is 10.1 Å². The fourth-order valence-electron chi connectivity index (χ4n) is 1.76. The van der Waals surface area contributed by atoms with Crippen LogP contribution < -0.4 is 5.32 Å². The molecule has 96 valence electrons. The van der Waals surface area contributed by atoms with Crippen molar-refractivity contribution in [2.75, 3.05) is 5.32 Å². The molecule has 2 nitrogen and oxygen atoms in total. The van der Waals surface area contributed by atoms with Crippen LogP contribution in [0.1, 0.15) is 17.2 Å². The summed E-state index contributed by atoms with van der Waals surface area (Å²) in [5.41, 5.74) is 2.69. The summed E-state index contributed by atoms with van der Waals surface area (Å²) in [4.78, 5) is 0. The zero-order valence-electron chi connectivity index (χ0n) is 10.3. The molecule has 2 aromatic rings. The van der Waals surface area contributed by atoms with Gasteiger partial charge in [-0.3, -0.25) is 0 Å². The van der Waals surface area contributed by atoms with Crippen molar-refractivity contribution < 1.29 is 4.39 Å². The molecule has 0 spiro atoms. The Balaban J connectivity index is 2.25. The van der Waals surface area contributed by atoms with Gasteiger partial charge in [-0.05, 0) is 42.8 Å². The van der Waals surface area contributed by atoms with E-state index in [1.54, 1.807) is 12.1 Å². The number of nitrogens with one attached hydrogen (secondary N) is 1. The Hall–Kier alpha value is -1.86. The number of rotatable bonds is 3. The molecule has 0 aliphatic heterocycles. The van der Waals surface area contributed by atoms with Crippen LogP contribution in [0.15, 0.2) is 46.9 Å². The van der Waals surface area contributed by atoms with Gasteiger partial charge in [0.05, 0.1) is 6.07 Å². The fourth-order valence-corrected chi connectivity index (χ4v) is 2.48. The van der Waals surface area contributed by atoms with Crippen LogP contribution in [-0.2, 0) is 0 Å². The van der Waals surface area contributed by atoms with Crippen LogP contribution in [0.3, 0.4) is 0 Å². The lowest BCUT2D eigenvalue weighted by molar-refractivity contribution is 0.628. The molecule has 0 aromatic heterocycles. The molecule has 0 aliphatic rings. The molecule has 0 radical (unpaired) electrons. The zero-order valence-corrected chi connectivity index (χ0v) is 11.9. The van der Waals surface area contributed by atoms with E-state index in [-0.39, 0.29) is 5.82 Å². The maximum atomic E-state index is 12.8. The van der Waals surface area contributed by atoms with Crippen molar-refractivity contribution in [2.24, 2.45) is 0 Å². The van der Waals surface area contributed by atoms with Crippen LogP contribution in [0.2, 0.25) is 0 Å². The van der Waals surface area contributed by atoms with Crippen molar-refractivity contribution in [3.63, 3.8) is 0 Å². The van der Waals surface area contributed by atoms with Crippen molar-refractivity contribution in [3.05, 3.63) is 63.9 Å². The van der Waals surface area contributed by atoms with Gasteiger partial charge in [0, 0.05) is 15.7 Å². The Labute approximate surface area is 120 Å². The average molecular weight is 319 g/mol. The van der Waals surface area contributed by atoms with E-state index in [0.717, 1.165) is 15.6 Å². The highest BCUT2D eigenvalue weighted by molar-refractivity contribution is 9.10. The standard InChI is InChI=1S/C15H12BrFN2/c1-10-2-7-13(14(16)8-10)15(9-18)19-12-5-3-11(17)4-6-12/h2-8,15,19H,1H3. The van der Waals surface area contributed by atoms with E-state index in [9.17, 15) is 9.65 Å². The predicted molar refractivity (Wildman–Crippen MR) is 77.3 cm³/mol. The molecule has 0 bridgehead atoms. The van der Waals surface area contributed by atoms with E-state index >= 15 is 0 Å². The van der Waals surface area contributed by atoms with E-state index < -0.39 is 6.04 Å². The predicted octanol–water partition coefficient (Wildman–Crippen LogP) is 4.57. The molecule has 2 rings (SSSR count). The molecule has 0 saturated carbocycles. The van der Waals surface area contributed by atoms with Gasteiger partial charge in [-0.2, -0.15) is 5.26 Å². The van der Waals surface area contributed by atoms with E-state index in [1.807, 2.05) is 25.1 Å². The molecule has 1 unspecified atom stereocenters. The van der Waals surface area contributed by atoms with Crippen molar-refractivity contribution >= 4 is 21.6 Å². The molecule has 19 heavy (non-hydrogen) atoms. The minimum atomic E-state index is -0.486. The molecule has 2 aromatic carbocycles. The molecule has 0 saturated heterocycles. The summed E-state index contributed by atoms with van der Waals surface area (Å²) < 4.78 is 13.7. The van der Waals surface area contributed by atoms with Crippen LogP contribution >= 0.6 is 15.9 Å². The van der Waals surface area contributed by atoms with Crippen molar-refractivity contribution in [1.82, 2.24) is 0 Å². The van der Waals surface area contributed by atoms with E-state index in [2.05, 4.69) is 27.3 Å². The maximum Gasteiger partial charge on any atom is 0.141 e. The van der Waals surface area contributed by atoms with Crippen LogP contribution in [-0.4, -0.2) is 0 Å². The molecule has 0 amide bonds. The first-order valence-electron chi connectivity index (χ1n) is 5.78. The molecule has 1 N–H and O–H groups in total. The first kappa shape index (κ1) is 13.6. The van der Waals surface area contributed by atoms with Crippen LogP contribution in [0, 0.1) is 24.1 Å². The van der Waals surface area contributed by atoms with Gasteiger partial charge in [-0.25, -0.2) is 4.39 Å². The number of nitriles is 1. The van der Waals surface area contributed by atoms with Gasteiger partial charge in [0.2, 0.25) is 0 Å². The highest BCUT2D eigenvalue weighted by Crippen LogP contribution is 2.27. The lowest BCUT2D eigenvalue weighted by atomic mass is 10.1. The Kier molecular flexibility index (Phi) is 4.18. The topological polar surface area (TPSA) is 35.8 Å². The Bertz CT molecular complexity index is 617. The summed E-state index contributed by atoms with van der Waals surface area (Å²) in [5.74, 6) is -0.296. The van der Waals surface area contributed by atoms with E-state index in [4.69, 9.17) is 0 Å². The second kappa shape index (κ2) is 5.85. The third kappa shape index (κ3) is 3.33. The van der Waals surface area contributed by atoms with Gasteiger partial charge < -0.3 is 5.32 Å². The third-order valence-corrected chi connectivity index (χ3v) is 3.44. The van der Waals surface area contributed by atoms with Gasteiger partial charge in [0.25, 0.3) is 0 Å². The van der Waals surface area contributed by atoms with E-state index in [1.165, 1.54) is 12.1 Å². The highest BCUT2D eigenvalue weighted by Gasteiger charge is 2.13. The number of hydrogen-bond donors (Lipinski definition) is 1. The van der Waals surface area contributed by atoms with Gasteiger partial charge in [-0.1, -0.05) is 28.1 Å². The molecule has 4 heteroatoms. The fraction of sp³-hybridized carbons (Fsp3) is 0.133. The summed E-state index contributed by atoms with van der Waals surface area (Å²) >= 11 is 3.46. The monoisotopic (exact) mass is 318 g/mol. The molecular weight excluding hydrogens is 307 g/mol. The van der Waals surface area contributed by atoms with Gasteiger partial charge in [0.15, 0.2) is 0 Å². The Morgan fingerprint density at radius 3 is 2.47 bits per heavy atom. The van der Waals surface area contributed by atoms with E-state index in [0.29, 0.717) is 5.69 Å². The summed E-state index contributed by atoms with van der Waals surface area (Å²) in [6, 6.07) is 13.5. The molecule has 1 atom stereocenters. The normalized spacial score (nSPS) is 11.7. The van der Waals surface area contributed by atoms with Crippen molar-refractivity contribution in [2.45, 2.75) is 13.0 Å². The highest BCUT2D eigenvalue weighted by atomic mass is 79.9. The number of benzene rings is 2. The summed E-state index contributed by atoms with van der Waals surface area (Å²) in [6.07, 6.45) is 0. The Morgan fingerprint density at radius 1 is 1.21 bits per heavy atom. The number of nitrogens with zero attached hydrogens (tertiary/aromatic N) is 1. The van der Waals surface area contributed by atoms with Crippen LogP contribution in [0.25, 0.3) is 0 Å². The van der Waals surface area contributed by atoms with Gasteiger partial charge >= 0.3 is 0 Å². The lowest BCUT2D eigenvalue weighted by Crippen LogP contribution is -2.09. The SMILES string of the molecule is Cc1ccc(C(C#N)Nc2ccc(F)cc2)c(Br)c1. The number of halogens is 2. The van der Waals surface area contributed by atoms with Crippen LogP contribution in [0.5, 0.6) is 0 Å². The first-order chi connectivity index (χ1) is 9.10. The smallest absolute Gasteiger partial charge is 0.141 e. The minimum Gasteiger partial charge on any atom is -0.366 e. The lowest BCUT2D eigenvalue weighted by Gasteiger charge is -2.15.